The molecule has 2 heteroatoms. The van der Waals surface area contributed by atoms with Crippen molar-refractivity contribution in [2.24, 2.45) is 5.73 Å². The first-order chi connectivity index (χ1) is 9.61. The molecular formula is C18H21NO. The molecule has 1 aliphatic carbocycles. The van der Waals surface area contributed by atoms with E-state index in [-0.39, 0.29) is 6.04 Å². The largest absolute Gasteiger partial charge is 0.496 e. The first kappa shape index (κ1) is 13.2. The maximum atomic E-state index is 6.18. The normalized spacial score (nSPS) is 17.1. The monoisotopic (exact) mass is 267 g/mol. The summed E-state index contributed by atoms with van der Waals surface area (Å²) in [7, 11) is 1.73. The Morgan fingerprint density at radius 3 is 2.50 bits per heavy atom. The molecule has 1 unspecified atom stereocenters. The molecule has 2 aromatic rings. The van der Waals surface area contributed by atoms with Crippen LogP contribution in [0.5, 0.6) is 5.75 Å². The lowest BCUT2D eigenvalue weighted by Crippen LogP contribution is -2.04. The van der Waals surface area contributed by atoms with E-state index in [0.717, 1.165) is 18.6 Å². The highest BCUT2D eigenvalue weighted by Crippen LogP contribution is 2.38. The van der Waals surface area contributed by atoms with E-state index in [2.05, 4.69) is 44.2 Å². The molecule has 0 spiro atoms. The zero-order chi connectivity index (χ0) is 14.3. The van der Waals surface area contributed by atoms with Gasteiger partial charge in [0.2, 0.25) is 0 Å². The Balaban J connectivity index is 2.16. The van der Waals surface area contributed by atoms with E-state index in [1.807, 2.05) is 0 Å². The zero-order valence-electron chi connectivity index (χ0n) is 12.4. The van der Waals surface area contributed by atoms with Crippen LogP contribution in [-0.4, -0.2) is 7.11 Å². The van der Waals surface area contributed by atoms with E-state index >= 15 is 0 Å². The second-order valence-electron chi connectivity index (χ2n) is 5.66. The van der Waals surface area contributed by atoms with Crippen LogP contribution < -0.4 is 10.5 Å². The number of benzene rings is 2. The first-order valence-corrected chi connectivity index (χ1v) is 7.14. The fourth-order valence-corrected chi connectivity index (χ4v) is 3.38. The molecule has 0 heterocycles. The molecular weight excluding hydrogens is 246 g/mol. The van der Waals surface area contributed by atoms with Crippen LogP contribution in [0.25, 0.3) is 11.1 Å². The molecule has 0 radical (unpaired) electrons. The topological polar surface area (TPSA) is 35.2 Å². The predicted octanol–water partition coefficient (Wildman–Crippen LogP) is 3.93. The Kier molecular flexibility index (Phi) is 3.27. The third-order valence-corrected chi connectivity index (χ3v) is 4.29. The predicted molar refractivity (Wildman–Crippen MR) is 83.2 cm³/mol. The molecule has 20 heavy (non-hydrogen) atoms. The van der Waals surface area contributed by atoms with Crippen LogP contribution in [0.1, 0.15) is 34.7 Å². The van der Waals surface area contributed by atoms with Crippen LogP contribution >= 0.6 is 0 Å². The Morgan fingerprint density at radius 2 is 1.85 bits per heavy atom. The average molecular weight is 267 g/mol. The smallest absolute Gasteiger partial charge is 0.124 e. The third-order valence-electron chi connectivity index (χ3n) is 4.29. The minimum Gasteiger partial charge on any atom is -0.496 e. The molecule has 0 bridgehead atoms. The van der Waals surface area contributed by atoms with Crippen molar-refractivity contribution >= 4 is 0 Å². The van der Waals surface area contributed by atoms with Crippen LogP contribution in [0, 0.1) is 13.8 Å². The highest BCUT2D eigenvalue weighted by atomic mass is 16.5. The summed E-state index contributed by atoms with van der Waals surface area (Å²) in [5, 5.41) is 0. The minimum absolute atomic E-state index is 0.199. The van der Waals surface area contributed by atoms with E-state index in [0.29, 0.717) is 0 Å². The Bertz CT molecular complexity index is 637. The fraction of sp³-hybridized carbons (Fsp3) is 0.333. The van der Waals surface area contributed by atoms with Gasteiger partial charge in [0.1, 0.15) is 5.75 Å². The Hall–Kier alpha value is -1.80. The van der Waals surface area contributed by atoms with Gasteiger partial charge in [-0.3, -0.25) is 0 Å². The summed E-state index contributed by atoms with van der Waals surface area (Å²) in [6.07, 6.45) is 2.14. The molecule has 0 fully saturated rings. The zero-order valence-corrected chi connectivity index (χ0v) is 12.4. The molecule has 0 amide bonds. The molecule has 1 aliphatic rings. The van der Waals surface area contributed by atoms with Gasteiger partial charge in [-0.05, 0) is 72.2 Å². The van der Waals surface area contributed by atoms with Crippen LogP contribution in [0.2, 0.25) is 0 Å². The van der Waals surface area contributed by atoms with Crippen molar-refractivity contribution in [2.45, 2.75) is 32.7 Å². The molecule has 0 aromatic heterocycles. The van der Waals surface area contributed by atoms with E-state index in [4.69, 9.17) is 10.5 Å². The molecule has 2 N–H and O–H groups in total. The van der Waals surface area contributed by atoms with Gasteiger partial charge in [-0.15, -0.1) is 0 Å². The van der Waals surface area contributed by atoms with Gasteiger partial charge in [0.25, 0.3) is 0 Å². The summed E-state index contributed by atoms with van der Waals surface area (Å²) >= 11 is 0. The van der Waals surface area contributed by atoms with E-state index < -0.39 is 0 Å². The summed E-state index contributed by atoms with van der Waals surface area (Å²) in [5.74, 6) is 0.984. The van der Waals surface area contributed by atoms with Crippen LogP contribution in [0.4, 0.5) is 0 Å². The lowest BCUT2D eigenvalue weighted by atomic mass is 9.94. The second kappa shape index (κ2) is 4.95. The quantitative estimate of drug-likeness (QED) is 0.895. The van der Waals surface area contributed by atoms with Crippen molar-refractivity contribution in [3.8, 4) is 16.9 Å². The average Bonchev–Trinajstić information content (AvgIpc) is 2.80. The van der Waals surface area contributed by atoms with Gasteiger partial charge in [-0.2, -0.15) is 0 Å². The number of hydrogen-bond donors (Lipinski definition) is 1. The van der Waals surface area contributed by atoms with Crippen molar-refractivity contribution < 1.29 is 4.74 Å². The Morgan fingerprint density at radius 1 is 1.15 bits per heavy atom. The minimum atomic E-state index is 0.199. The standard InChI is InChI=1S/C18H21NO/c1-11-9-13(10-12(2)18(11)20-3)14-5-4-6-16-15(14)7-8-17(16)19/h4-6,9-10,17H,7-8,19H2,1-3H3. The molecule has 2 nitrogen and oxygen atoms in total. The molecule has 2 aromatic carbocycles. The summed E-state index contributed by atoms with van der Waals surface area (Å²) < 4.78 is 5.46. The van der Waals surface area contributed by atoms with Gasteiger partial charge in [0.05, 0.1) is 7.11 Å². The van der Waals surface area contributed by atoms with Crippen molar-refractivity contribution in [3.05, 3.63) is 52.6 Å². The Labute approximate surface area is 120 Å². The summed E-state index contributed by atoms with van der Waals surface area (Å²) in [6.45, 7) is 4.20. The summed E-state index contributed by atoms with van der Waals surface area (Å²) in [6, 6.07) is 11.1. The lowest BCUT2D eigenvalue weighted by Gasteiger charge is -2.14. The van der Waals surface area contributed by atoms with Crippen LogP contribution in [0.3, 0.4) is 0 Å². The van der Waals surface area contributed by atoms with Gasteiger partial charge in [-0.25, -0.2) is 0 Å². The maximum absolute atomic E-state index is 6.18. The van der Waals surface area contributed by atoms with Gasteiger partial charge >= 0.3 is 0 Å². The highest BCUT2D eigenvalue weighted by molar-refractivity contribution is 5.72. The number of methoxy groups -OCH3 is 1. The summed E-state index contributed by atoms with van der Waals surface area (Å²) in [4.78, 5) is 0. The third kappa shape index (κ3) is 2.01. The SMILES string of the molecule is COc1c(C)cc(-c2cccc3c2CCC3N)cc1C. The molecule has 3 rings (SSSR count). The van der Waals surface area contributed by atoms with E-state index in [9.17, 15) is 0 Å². The van der Waals surface area contributed by atoms with Crippen LogP contribution in [0.15, 0.2) is 30.3 Å². The number of ether oxygens (including phenoxy) is 1. The van der Waals surface area contributed by atoms with Crippen molar-refractivity contribution in [2.75, 3.05) is 7.11 Å². The number of fused-ring (bicyclic) bond motifs is 1. The van der Waals surface area contributed by atoms with E-state index in [1.165, 1.54) is 33.4 Å². The van der Waals surface area contributed by atoms with Crippen molar-refractivity contribution in [1.29, 1.82) is 0 Å². The van der Waals surface area contributed by atoms with Gasteiger partial charge in [0.15, 0.2) is 0 Å². The maximum Gasteiger partial charge on any atom is 0.124 e. The van der Waals surface area contributed by atoms with Crippen molar-refractivity contribution in [1.82, 2.24) is 0 Å². The molecule has 0 aliphatic heterocycles. The van der Waals surface area contributed by atoms with Gasteiger partial charge < -0.3 is 10.5 Å². The van der Waals surface area contributed by atoms with Crippen molar-refractivity contribution in [3.63, 3.8) is 0 Å². The van der Waals surface area contributed by atoms with E-state index in [1.54, 1.807) is 7.11 Å². The molecule has 0 saturated carbocycles. The lowest BCUT2D eigenvalue weighted by molar-refractivity contribution is 0.408. The van der Waals surface area contributed by atoms with Gasteiger partial charge in [-0.1, -0.05) is 18.2 Å². The second-order valence-corrected chi connectivity index (χ2v) is 5.66. The first-order valence-electron chi connectivity index (χ1n) is 7.14. The number of aryl methyl sites for hydroxylation is 2. The molecule has 104 valence electrons. The molecule has 0 saturated heterocycles. The number of rotatable bonds is 2. The fourth-order valence-electron chi connectivity index (χ4n) is 3.38. The molecule has 1 atom stereocenters. The number of nitrogens with two attached hydrogens (primary N) is 1. The van der Waals surface area contributed by atoms with Crippen LogP contribution in [-0.2, 0) is 6.42 Å². The summed E-state index contributed by atoms with van der Waals surface area (Å²) in [5.41, 5.74) is 13.9. The van der Waals surface area contributed by atoms with Gasteiger partial charge in [0, 0.05) is 6.04 Å². The highest BCUT2D eigenvalue weighted by Gasteiger charge is 2.22. The number of hydrogen-bond acceptors (Lipinski definition) is 2.